The highest BCUT2D eigenvalue weighted by atomic mass is 35.5. The van der Waals surface area contributed by atoms with Gasteiger partial charge in [0.25, 0.3) is 0 Å². The van der Waals surface area contributed by atoms with Crippen molar-refractivity contribution >= 4 is 28.8 Å². The first kappa shape index (κ1) is 12.7. The standard InChI is InChI=1S/C11H7ClFN3OS/c12-6-2-1-3-7(8(6)13)17-11-9(10(14)18)15-4-5-16-11/h1-5H,(H2,14,18). The number of hydrogen-bond donors (Lipinski definition) is 1. The molecule has 0 spiro atoms. The van der Waals surface area contributed by atoms with E-state index in [1.54, 1.807) is 6.07 Å². The normalized spacial score (nSPS) is 10.1. The van der Waals surface area contributed by atoms with Crippen LogP contribution >= 0.6 is 23.8 Å². The van der Waals surface area contributed by atoms with Gasteiger partial charge in [-0.1, -0.05) is 29.9 Å². The number of hydrogen-bond acceptors (Lipinski definition) is 4. The average Bonchev–Trinajstić information content (AvgIpc) is 2.35. The summed E-state index contributed by atoms with van der Waals surface area (Å²) < 4.78 is 18.9. The highest BCUT2D eigenvalue weighted by Crippen LogP contribution is 2.28. The van der Waals surface area contributed by atoms with Gasteiger partial charge in [0.2, 0.25) is 5.88 Å². The van der Waals surface area contributed by atoms with Gasteiger partial charge in [-0.2, -0.15) is 0 Å². The maximum atomic E-state index is 13.7. The molecule has 2 N–H and O–H groups in total. The van der Waals surface area contributed by atoms with E-state index >= 15 is 0 Å². The third-order valence-electron chi connectivity index (χ3n) is 2.02. The first-order chi connectivity index (χ1) is 8.59. The first-order valence-corrected chi connectivity index (χ1v) is 5.61. The Bertz CT molecular complexity index is 609. The lowest BCUT2D eigenvalue weighted by molar-refractivity contribution is 0.424. The van der Waals surface area contributed by atoms with Gasteiger partial charge in [0, 0.05) is 12.4 Å². The maximum Gasteiger partial charge on any atom is 0.248 e. The van der Waals surface area contributed by atoms with Crippen LogP contribution < -0.4 is 10.5 Å². The summed E-state index contributed by atoms with van der Waals surface area (Å²) in [5.41, 5.74) is 5.65. The van der Waals surface area contributed by atoms with Gasteiger partial charge >= 0.3 is 0 Å². The summed E-state index contributed by atoms with van der Waals surface area (Å²) in [7, 11) is 0. The molecule has 0 aliphatic carbocycles. The number of thiocarbonyl (C=S) groups is 1. The second kappa shape index (κ2) is 5.24. The molecule has 7 heteroatoms. The van der Waals surface area contributed by atoms with E-state index in [0.29, 0.717) is 0 Å². The van der Waals surface area contributed by atoms with Crippen molar-refractivity contribution < 1.29 is 9.13 Å². The third kappa shape index (κ3) is 2.55. The van der Waals surface area contributed by atoms with E-state index < -0.39 is 5.82 Å². The average molecular weight is 284 g/mol. The van der Waals surface area contributed by atoms with Crippen molar-refractivity contribution in [3.05, 3.63) is 47.1 Å². The molecule has 92 valence electrons. The summed E-state index contributed by atoms with van der Waals surface area (Å²) >= 11 is 10.4. The zero-order valence-electron chi connectivity index (χ0n) is 8.93. The Kier molecular flexibility index (Phi) is 3.69. The van der Waals surface area contributed by atoms with Crippen LogP contribution in [0.1, 0.15) is 5.69 Å². The highest BCUT2D eigenvalue weighted by Gasteiger charge is 2.14. The zero-order chi connectivity index (χ0) is 13.1. The molecule has 1 aromatic heterocycles. The van der Waals surface area contributed by atoms with Crippen molar-refractivity contribution in [3.63, 3.8) is 0 Å². The van der Waals surface area contributed by atoms with E-state index in [-0.39, 0.29) is 27.3 Å². The molecule has 1 aromatic carbocycles. The Labute approximate surface area is 113 Å². The molecule has 4 nitrogen and oxygen atoms in total. The second-order valence-electron chi connectivity index (χ2n) is 3.23. The van der Waals surface area contributed by atoms with Gasteiger partial charge in [0.05, 0.1) is 5.02 Å². The molecule has 1 heterocycles. The minimum absolute atomic E-state index is 0.0144. The fourth-order valence-corrected chi connectivity index (χ4v) is 1.54. The van der Waals surface area contributed by atoms with E-state index in [9.17, 15) is 4.39 Å². The molecule has 0 saturated carbocycles. The topological polar surface area (TPSA) is 61.0 Å². The number of halogens is 2. The van der Waals surface area contributed by atoms with Crippen LogP contribution in [0.5, 0.6) is 11.6 Å². The Morgan fingerprint density at radius 2 is 2.06 bits per heavy atom. The molecule has 0 amide bonds. The largest absolute Gasteiger partial charge is 0.434 e. The molecular formula is C11H7ClFN3OS. The lowest BCUT2D eigenvalue weighted by atomic mass is 10.3. The predicted molar refractivity (Wildman–Crippen MR) is 69.4 cm³/mol. The smallest absolute Gasteiger partial charge is 0.248 e. The minimum atomic E-state index is -0.682. The summed E-state index contributed by atoms with van der Waals surface area (Å²) in [6, 6.07) is 4.38. The van der Waals surface area contributed by atoms with Gasteiger partial charge in [0.1, 0.15) is 4.99 Å². The summed E-state index contributed by atoms with van der Waals surface area (Å²) in [4.78, 5) is 7.84. The van der Waals surface area contributed by atoms with E-state index in [1.807, 2.05) is 0 Å². The van der Waals surface area contributed by atoms with Crippen molar-refractivity contribution in [2.45, 2.75) is 0 Å². The van der Waals surface area contributed by atoms with Crippen LogP contribution in [0.2, 0.25) is 5.02 Å². The van der Waals surface area contributed by atoms with Crippen molar-refractivity contribution in [1.82, 2.24) is 9.97 Å². The fraction of sp³-hybridized carbons (Fsp3) is 0. The summed E-state index contributed by atoms with van der Waals surface area (Å²) in [6.07, 6.45) is 2.80. The number of ether oxygens (including phenoxy) is 1. The molecule has 0 radical (unpaired) electrons. The number of rotatable bonds is 3. The fourth-order valence-electron chi connectivity index (χ4n) is 1.24. The van der Waals surface area contributed by atoms with Crippen molar-refractivity contribution in [3.8, 4) is 11.6 Å². The van der Waals surface area contributed by atoms with Crippen molar-refractivity contribution in [2.24, 2.45) is 5.73 Å². The quantitative estimate of drug-likeness (QED) is 0.878. The Morgan fingerprint density at radius 3 is 2.78 bits per heavy atom. The monoisotopic (exact) mass is 283 g/mol. The minimum Gasteiger partial charge on any atom is -0.434 e. The van der Waals surface area contributed by atoms with Crippen LogP contribution in [0, 0.1) is 5.82 Å². The van der Waals surface area contributed by atoms with E-state index in [1.165, 1.54) is 24.5 Å². The number of nitrogens with two attached hydrogens (primary N) is 1. The van der Waals surface area contributed by atoms with Crippen LogP contribution in [0.3, 0.4) is 0 Å². The molecule has 0 saturated heterocycles. The SMILES string of the molecule is NC(=S)c1nccnc1Oc1cccc(Cl)c1F. The maximum absolute atomic E-state index is 13.7. The molecule has 0 fully saturated rings. The lowest BCUT2D eigenvalue weighted by Gasteiger charge is -2.08. The number of nitrogens with zero attached hydrogens (tertiary/aromatic N) is 2. The molecule has 0 bridgehead atoms. The van der Waals surface area contributed by atoms with Gasteiger partial charge in [0.15, 0.2) is 17.3 Å². The number of benzene rings is 1. The highest BCUT2D eigenvalue weighted by molar-refractivity contribution is 7.80. The molecular weight excluding hydrogens is 277 g/mol. The molecule has 2 aromatic rings. The molecule has 0 aliphatic heterocycles. The Morgan fingerprint density at radius 1 is 1.33 bits per heavy atom. The Balaban J connectivity index is 2.40. The van der Waals surface area contributed by atoms with Crippen LogP contribution in [0.25, 0.3) is 0 Å². The van der Waals surface area contributed by atoms with Crippen LogP contribution in [-0.4, -0.2) is 15.0 Å². The molecule has 18 heavy (non-hydrogen) atoms. The van der Waals surface area contributed by atoms with Gasteiger partial charge in [-0.15, -0.1) is 0 Å². The van der Waals surface area contributed by atoms with Gasteiger partial charge in [-0.05, 0) is 12.1 Å². The molecule has 0 unspecified atom stereocenters. The van der Waals surface area contributed by atoms with Crippen molar-refractivity contribution in [1.29, 1.82) is 0 Å². The van der Waals surface area contributed by atoms with Crippen molar-refractivity contribution in [2.75, 3.05) is 0 Å². The molecule has 0 aliphatic rings. The summed E-state index contributed by atoms with van der Waals surface area (Å²) in [5, 5.41) is -0.0479. The van der Waals surface area contributed by atoms with E-state index in [0.717, 1.165) is 0 Å². The van der Waals surface area contributed by atoms with Gasteiger partial charge in [-0.25, -0.2) is 14.4 Å². The van der Waals surface area contributed by atoms with Crippen LogP contribution in [0.15, 0.2) is 30.6 Å². The third-order valence-corrected chi connectivity index (χ3v) is 2.51. The first-order valence-electron chi connectivity index (χ1n) is 4.82. The lowest BCUT2D eigenvalue weighted by Crippen LogP contribution is -2.13. The van der Waals surface area contributed by atoms with E-state index in [4.69, 9.17) is 34.3 Å². The Hall–Kier alpha value is -1.79. The summed E-state index contributed by atoms with van der Waals surface area (Å²) in [5.74, 6) is -0.717. The van der Waals surface area contributed by atoms with E-state index in [2.05, 4.69) is 9.97 Å². The van der Waals surface area contributed by atoms with Gasteiger partial charge < -0.3 is 10.5 Å². The second-order valence-corrected chi connectivity index (χ2v) is 4.08. The molecule has 2 rings (SSSR count). The van der Waals surface area contributed by atoms with Gasteiger partial charge in [-0.3, -0.25) is 0 Å². The van der Waals surface area contributed by atoms with Crippen LogP contribution in [0.4, 0.5) is 4.39 Å². The predicted octanol–water partition coefficient (Wildman–Crippen LogP) is 2.70. The summed E-state index contributed by atoms with van der Waals surface area (Å²) in [6.45, 7) is 0. The molecule has 0 atom stereocenters. The van der Waals surface area contributed by atoms with Crippen LogP contribution in [-0.2, 0) is 0 Å². The number of aromatic nitrogens is 2. The zero-order valence-corrected chi connectivity index (χ0v) is 10.5.